The second kappa shape index (κ2) is 9.08. The monoisotopic (exact) mass is 380 g/mol. The molecule has 0 radical (unpaired) electrons. The summed E-state index contributed by atoms with van der Waals surface area (Å²) in [4.78, 5) is 25.9. The fourth-order valence-corrected chi connectivity index (χ4v) is 2.96. The molecule has 6 heteroatoms. The van der Waals surface area contributed by atoms with E-state index in [-0.39, 0.29) is 17.9 Å². The average molecular weight is 380 g/mol. The van der Waals surface area contributed by atoms with E-state index in [0.717, 1.165) is 11.3 Å². The van der Waals surface area contributed by atoms with Gasteiger partial charge in [-0.1, -0.05) is 30.8 Å². The quantitative estimate of drug-likeness (QED) is 0.750. The van der Waals surface area contributed by atoms with Crippen LogP contribution in [-0.2, 0) is 11.3 Å². The first kappa shape index (κ1) is 19.5. The average Bonchev–Trinajstić information content (AvgIpc) is 2.75. The molecule has 0 bridgehead atoms. The smallest absolute Gasteiger partial charge is 0.253 e. The van der Waals surface area contributed by atoms with Crippen molar-refractivity contribution < 1.29 is 19.1 Å². The van der Waals surface area contributed by atoms with Gasteiger partial charge in [0.25, 0.3) is 5.91 Å². The van der Waals surface area contributed by atoms with Crippen molar-refractivity contribution in [1.29, 1.82) is 0 Å². The van der Waals surface area contributed by atoms with E-state index in [0.29, 0.717) is 37.6 Å². The maximum atomic E-state index is 12.9. The first-order valence-corrected chi connectivity index (χ1v) is 9.27. The number of amides is 2. The van der Waals surface area contributed by atoms with Gasteiger partial charge in [0.2, 0.25) is 5.91 Å². The third kappa shape index (κ3) is 4.71. The van der Waals surface area contributed by atoms with Gasteiger partial charge in [0.1, 0.15) is 6.61 Å². The van der Waals surface area contributed by atoms with Gasteiger partial charge in [-0.3, -0.25) is 9.59 Å². The first-order chi connectivity index (χ1) is 13.6. The summed E-state index contributed by atoms with van der Waals surface area (Å²) in [5, 5.41) is 2.71. The van der Waals surface area contributed by atoms with Gasteiger partial charge in [-0.05, 0) is 42.8 Å². The van der Waals surface area contributed by atoms with Crippen LogP contribution in [0.2, 0.25) is 0 Å². The van der Waals surface area contributed by atoms with Crippen LogP contribution in [-0.4, -0.2) is 42.5 Å². The second-order valence-electron chi connectivity index (χ2n) is 6.46. The Hall–Kier alpha value is -3.28. The Morgan fingerprint density at radius 3 is 2.57 bits per heavy atom. The summed E-state index contributed by atoms with van der Waals surface area (Å²) in [6.07, 6.45) is 1.01. The van der Waals surface area contributed by atoms with Crippen molar-refractivity contribution in [3.05, 3.63) is 72.3 Å². The van der Waals surface area contributed by atoms with Crippen molar-refractivity contribution in [2.45, 2.75) is 19.6 Å². The van der Waals surface area contributed by atoms with Gasteiger partial charge >= 0.3 is 0 Å². The Morgan fingerprint density at radius 1 is 1.18 bits per heavy atom. The number of ether oxygens (including phenoxy) is 2. The molecule has 0 aliphatic carbocycles. The Kier molecular flexibility index (Phi) is 6.32. The Labute approximate surface area is 164 Å². The van der Waals surface area contributed by atoms with Crippen LogP contribution >= 0.6 is 0 Å². The molecule has 28 heavy (non-hydrogen) atoms. The van der Waals surface area contributed by atoms with E-state index in [2.05, 4.69) is 11.9 Å². The van der Waals surface area contributed by atoms with Gasteiger partial charge in [0.15, 0.2) is 17.6 Å². The lowest BCUT2D eigenvalue weighted by atomic mass is 10.1. The zero-order valence-electron chi connectivity index (χ0n) is 15.9. The first-order valence-electron chi connectivity index (χ1n) is 9.27. The Balaban J connectivity index is 1.60. The number of rotatable bonds is 7. The van der Waals surface area contributed by atoms with Crippen molar-refractivity contribution >= 4 is 11.8 Å². The largest absolute Gasteiger partial charge is 0.486 e. The van der Waals surface area contributed by atoms with Crippen LogP contribution in [0.1, 0.15) is 22.8 Å². The van der Waals surface area contributed by atoms with Crippen LogP contribution < -0.4 is 14.8 Å². The van der Waals surface area contributed by atoms with Crippen molar-refractivity contribution in [2.75, 3.05) is 19.7 Å². The molecule has 1 unspecified atom stereocenters. The lowest BCUT2D eigenvalue weighted by molar-refractivity contribution is -0.116. The van der Waals surface area contributed by atoms with Crippen LogP contribution in [0.4, 0.5) is 0 Å². The minimum Gasteiger partial charge on any atom is -0.486 e. The summed E-state index contributed by atoms with van der Waals surface area (Å²) in [6, 6.07) is 14.7. The van der Waals surface area contributed by atoms with Gasteiger partial charge in [0.05, 0.1) is 6.54 Å². The summed E-state index contributed by atoms with van der Waals surface area (Å²) >= 11 is 0. The molecule has 1 atom stereocenters. The number of nitrogens with zero attached hydrogens (tertiary/aromatic N) is 1. The van der Waals surface area contributed by atoms with Gasteiger partial charge in [-0.2, -0.15) is 0 Å². The molecule has 2 aromatic carbocycles. The Morgan fingerprint density at radius 2 is 1.89 bits per heavy atom. The summed E-state index contributed by atoms with van der Waals surface area (Å²) in [6.45, 7) is 7.17. The predicted molar refractivity (Wildman–Crippen MR) is 106 cm³/mol. The van der Waals surface area contributed by atoms with E-state index in [1.807, 2.05) is 43.3 Å². The fraction of sp³-hybridized carbons (Fsp3) is 0.273. The minimum atomic E-state index is -0.228. The highest BCUT2D eigenvalue weighted by molar-refractivity contribution is 5.94. The maximum absolute atomic E-state index is 12.9. The zero-order chi connectivity index (χ0) is 19.9. The lowest BCUT2D eigenvalue weighted by Crippen LogP contribution is -2.43. The number of carbonyl (C=O) groups excluding carboxylic acids is 2. The second-order valence-corrected chi connectivity index (χ2v) is 6.46. The molecule has 3 rings (SSSR count). The normalized spacial score (nSPS) is 14.8. The highest BCUT2D eigenvalue weighted by Crippen LogP contribution is 2.31. The van der Waals surface area contributed by atoms with Crippen molar-refractivity contribution in [2.24, 2.45) is 0 Å². The zero-order valence-corrected chi connectivity index (χ0v) is 15.9. The van der Waals surface area contributed by atoms with Crippen molar-refractivity contribution in [3.8, 4) is 11.5 Å². The molecule has 1 N–H and O–H groups in total. The molecule has 0 fully saturated rings. The number of benzene rings is 2. The van der Waals surface area contributed by atoms with Crippen LogP contribution in [0.25, 0.3) is 0 Å². The van der Waals surface area contributed by atoms with Gasteiger partial charge in [-0.25, -0.2) is 0 Å². The van der Waals surface area contributed by atoms with E-state index in [9.17, 15) is 9.59 Å². The van der Waals surface area contributed by atoms with E-state index in [1.165, 1.54) is 6.08 Å². The predicted octanol–water partition coefficient (Wildman–Crippen LogP) is 2.79. The summed E-state index contributed by atoms with van der Waals surface area (Å²) in [5.41, 5.74) is 1.51. The van der Waals surface area contributed by atoms with Crippen LogP contribution in [0.15, 0.2) is 61.2 Å². The molecule has 0 spiro atoms. The molecule has 0 aromatic heterocycles. The van der Waals surface area contributed by atoms with Crippen LogP contribution in [0.5, 0.6) is 11.5 Å². The number of likely N-dealkylation sites (N-methyl/N-ethyl adjacent to an activating group) is 1. The summed E-state index contributed by atoms with van der Waals surface area (Å²) in [5.74, 6) is 1.14. The number of para-hydroxylation sites is 2. The molecule has 0 saturated heterocycles. The molecule has 1 aliphatic rings. The topological polar surface area (TPSA) is 67.9 Å². The third-order valence-corrected chi connectivity index (χ3v) is 4.51. The minimum absolute atomic E-state index is 0.0633. The van der Waals surface area contributed by atoms with Crippen LogP contribution in [0, 0.1) is 0 Å². The summed E-state index contributed by atoms with van der Waals surface area (Å²) in [7, 11) is 0. The number of carbonyl (C=O) groups is 2. The van der Waals surface area contributed by atoms with E-state index in [4.69, 9.17) is 9.47 Å². The van der Waals surface area contributed by atoms with Gasteiger partial charge < -0.3 is 19.7 Å². The van der Waals surface area contributed by atoms with E-state index >= 15 is 0 Å². The molecule has 2 amide bonds. The highest BCUT2D eigenvalue weighted by Gasteiger charge is 2.25. The molecule has 6 nitrogen and oxygen atoms in total. The van der Waals surface area contributed by atoms with Gasteiger partial charge in [0, 0.05) is 18.7 Å². The molecule has 2 aromatic rings. The van der Waals surface area contributed by atoms with E-state index < -0.39 is 0 Å². The molecular weight excluding hydrogens is 356 g/mol. The van der Waals surface area contributed by atoms with E-state index in [1.54, 1.807) is 17.0 Å². The standard InChI is InChI=1S/C22H24N2O4/c1-3-21(25)23-13-16-9-11-17(12-10-16)22(26)24(4-2)14-18-15-27-19-7-5-6-8-20(19)28-18/h3,5-12,18H,1,4,13-15H2,2H3,(H,23,25). The number of nitrogens with one attached hydrogen (secondary N) is 1. The van der Waals surface area contributed by atoms with Gasteiger partial charge in [-0.15, -0.1) is 0 Å². The SMILES string of the molecule is C=CC(=O)NCc1ccc(C(=O)N(CC)CC2COc3ccccc3O2)cc1. The fourth-order valence-electron chi connectivity index (χ4n) is 2.96. The highest BCUT2D eigenvalue weighted by atomic mass is 16.6. The number of hydrogen-bond donors (Lipinski definition) is 1. The lowest BCUT2D eigenvalue weighted by Gasteiger charge is -2.31. The summed E-state index contributed by atoms with van der Waals surface area (Å²) < 4.78 is 11.7. The molecule has 1 heterocycles. The van der Waals surface area contributed by atoms with Crippen LogP contribution in [0.3, 0.4) is 0 Å². The molecular formula is C22H24N2O4. The van der Waals surface area contributed by atoms with Crippen molar-refractivity contribution in [1.82, 2.24) is 10.2 Å². The number of fused-ring (bicyclic) bond motifs is 1. The Bertz CT molecular complexity index is 848. The number of hydrogen-bond acceptors (Lipinski definition) is 4. The third-order valence-electron chi connectivity index (χ3n) is 4.51. The molecule has 146 valence electrons. The molecule has 1 aliphatic heterocycles. The molecule has 0 saturated carbocycles. The van der Waals surface area contributed by atoms with Crippen molar-refractivity contribution in [3.63, 3.8) is 0 Å². The maximum Gasteiger partial charge on any atom is 0.253 e.